The van der Waals surface area contributed by atoms with Gasteiger partial charge >= 0.3 is 13.8 Å². The second-order valence-corrected chi connectivity index (χ2v) is 14.7. The van der Waals surface area contributed by atoms with Crippen molar-refractivity contribution in [3.63, 3.8) is 0 Å². The van der Waals surface area contributed by atoms with Gasteiger partial charge in [0.1, 0.15) is 12.7 Å². The van der Waals surface area contributed by atoms with Crippen LogP contribution in [0.15, 0.2) is 24.3 Å². The number of amides is 1. The molecule has 9 nitrogen and oxygen atoms in total. The normalized spacial score (nSPS) is 13.6. The Morgan fingerprint density at radius 3 is 1.65 bits per heavy atom. The molecule has 0 heterocycles. The molecule has 0 aromatic carbocycles. The number of carbonyl (C=O) groups excluding carboxylic acids is 2. The van der Waals surface area contributed by atoms with Gasteiger partial charge in [-0.2, -0.15) is 0 Å². The molecule has 0 saturated carbocycles. The number of unbranched alkanes of at least 4 members (excludes halogenated alkanes) is 20. The second kappa shape index (κ2) is 36.3. The molecule has 0 rings (SSSR count). The Morgan fingerprint density at radius 1 is 0.633 bits per heavy atom. The van der Waals surface area contributed by atoms with Crippen LogP contribution in [0.2, 0.25) is 0 Å². The highest BCUT2D eigenvalue weighted by Crippen LogP contribution is 2.42. The van der Waals surface area contributed by atoms with Crippen molar-refractivity contribution in [3.8, 4) is 0 Å². The third-order valence-corrected chi connectivity index (χ3v) is 9.37. The monoisotopic (exact) mass is 716 g/mol. The zero-order valence-corrected chi connectivity index (χ0v) is 32.3. The summed E-state index contributed by atoms with van der Waals surface area (Å²) in [7, 11) is -4.41. The lowest BCUT2D eigenvalue weighted by Gasteiger charge is -2.15. The molecule has 1 amide bonds. The number of phosphoric ester groups is 1. The minimum absolute atomic E-state index is 0.0758. The number of hydrogen-bond donors (Lipinski definition) is 3. The Bertz CT molecular complexity index is 866. The van der Waals surface area contributed by atoms with Crippen LogP contribution in [-0.2, 0) is 27.9 Å². The first-order valence-corrected chi connectivity index (χ1v) is 21.3. The minimum Gasteiger partial charge on any atom is -0.463 e. The molecule has 0 bridgehead atoms. The molecule has 49 heavy (non-hydrogen) atoms. The average Bonchev–Trinajstić information content (AvgIpc) is 3.08. The summed E-state index contributed by atoms with van der Waals surface area (Å²) in [5.74, 6) is -0.528. The molecule has 0 aromatic rings. The van der Waals surface area contributed by atoms with Crippen LogP contribution < -0.4 is 5.32 Å². The van der Waals surface area contributed by atoms with Gasteiger partial charge in [-0.25, -0.2) is 4.57 Å². The molecule has 0 aliphatic heterocycles. The summed E-state index contributed by atoms with van der Waals surface area (Å²) < 4.78 is 26.8. The van der Waals surface area contributed by atoms with Crippen molar-refractivity contribution >= 4 is 19.7 Å². The molecule has 3 N–H and O–H groups in total. The summed E-state index contributed by atoms with van der Waals surface area (Å²) in [4.78, 5) is 33.8. The second-order valence-electron chi connectivity index (χ2n) is 13.3. The van der Waals surface area contributed by atoms with Crippen LogP contribution in [-0.4, -0.2) is 54.3 Å². The maximum Gasteiger partial charge on any atom is 0.472 e. The Hall–Kier alpha value is -1.51. The molecule has 0 aliphatic rings. The summed E-state index contributed by atoms with van der Waals surface area (Å²) in [6, 6.07) is 0. The predicted octanol–water partition coefficient (Wildman–Crippen LogP) is 10.4. The predicted molar refractivity (Wildman–Crippen MR) is 201 cm³/mol. The van der Waals surface area contributed by atoms with Crippen LogP contribution >= 0.6 is 7.82 Å². The van der Waals surface area contributed by atoms with Crippen molar-refractivity contribution in [2.45, 2.75) is 187 Å². The van der Waals surface area contributed by atoms with Gasteiger partial charge in [-0.15, -0.1) is 0 Å². The summed E-state index contributed by atoms with van der Waals surface area (Å²) in [5, 5.41) is 12.6. The fourth-order valence-corrected chi connectivity index (χ4v) is 6.11. The highest BCUT2D eigenvalue weighted by Gasteiger charge is 2.23. The molecule has 0 fully saturated rings. The van der Waals surface area contributed by atoms with E-state index in [1.807, 2.05) is 0 Å². The molecule has 0 aromatic heterocycles. The van der Waals surface area contributed by atoms with E-state index in [9.17, 15) is 24.2 Å². The van der Waals surface area contributed by atoms with Crippen LogP contribution in [0.1, 0.15) is 181 Å². The van der Waals surface area contributed by atoms with Gasteiger partial charge in [0.05, 0.1) is 13.2 Å². The molecule has 0 radical (unpaired) electrons. The SMILES string of the molecule is CCCCCC/C=C\C/C=C\CCCCCCCC(=O)NCCOP(=O)(O)OCC(O)COC(=O)CCCCCCCCCCCCCC. The smallest absolute Gasteiger partial charge is 0.463 e. The van der Waals surface area contributed by atoms with Crippen molar-refractivity contribution in [3.05, 3.63) is 24.3 Å². The number of aliphatic hydroxyl groups is 1. The number of ether oxygens (including phenoxy) is 1. The number of carbonyl (C=O) groups is 2. The molecule has 0 spiro atoms. The van der Waals surface area contributed by atoms with Gasteiger partial charge in [-0.05, 0) is 44.9 Å². The third kappa shape index (κ3) is 37.6. The molecule has 2 unspecified atom stereocenters. The number of allylic oxidation sites excluding steroid dienone is 4. The summed E-state index contributed by atoms with van der Waals surface area (Å²) in [5.41, 5.74) is 0. The van der Waals surface area contributed by atoms with Crippen molar-refractivity contribution in [2.24, 2.45) is 0 Å². The molecular weight excluding hydrogens is 641 g/mol. The third-order valence-electron chi connectivity index (χ3n) is 8.38. The average molecular weight is 716 g/mol. The van der Waals surface area contributed by atoms with Crippen molar-refractivity contribution < 1.29 is 37.9 Å². The quantitative estimate of drug-likeness (QED) is 0.0251. The Labute approximate surface area is 300 Å². The van der Waals surface area contributed by atoms with E-state index in [-0.39, 0.29) is 32.1 Å². The number of aliphatic hydroxyl groups excluding tert-OH is 1. The number of esters is 1. The maximum absolute atomic E-state index is 12.1. The van der Waals surface area contributed by atoms with Crippen LogP contribution in [0.5, 0.6) is 0 Å². The van der Waals surface area contributed by atoms with Gasteiger partial charge in [-0.1, -0.05) is 147 Å². The largest absolute Gasteiger partial charge is 0.472 e. The van der Waals surface area contributed by atoms with E-state index in [1.165, 1.54) is 89.9 Å². The van der Waals surface area contributed by atoms with Crippen LogP contribution in [0.25, 0.3) is 0 Å². The van der Waals surface area contributed by atoms with Gasteiger partial charge in [0.25, 0.3) is 0 Å². The fourth-order valence-electron chi connectivity index (χ4n) is 5.35. The van der Waals surface area contributed by atoms with Gasteiger partial charge in [0.15, 0.2) is 0 Å². The number of rotatable bonds is 37. The molecule has 288 valence electrons. The molecular formula is C39H74NO8P. The van der Waals surface area contributed by atoms with E-state index in [0.29, 0.717) is 6.42 Å². The summed E-state index contributed by atoms with van der Waals surface area (Å²) >= 11 is 0. The van der Waals surface area contributed by atoms with Gasteiger partial charge < -0.3 is 20.1 Å². The molecule has 10 heteroatoms. The van der Waals surface area contributed by atoms with Gasteiger partial charge in [0.2, 0.25) is 5.91 Å². The zero-order valence-electron chi connectivity index (χ0n) is 31.4. The van der Waals surface area contributed by atoms with E-state index in [1.54, 1.807) is 0 Å². The van der Waals surface area contributed by atoms with Crippen molar-refractivity contribution in [2.75, 3.05) is 26.4 Å². The lowest BCUT2D eigenvalue weighted by molar-refractivity contribution is -0.147. The standard InChI is InChI=1S/C39H74NO8P/c1-3-5-7-9-11-13-15-17-18-19-20-21-23-25-27-29-31-38(42)40-33-34-47-49(44,45)48-36-37(41)35-46-39(43)32-30-28-26-24-22-16-14-12-10-8-6-4-2/h13,15,18-19,37,41H,3-12,14,16-17,20-36H2,1-2H3,(H,40,42)(H,44,45)/b15-13-,19-18-. The highest BCUT2D eigenvalue weighted by atomic mass is 31.2. The van der Waals surface area contributed by atoms with Crippen LogP contribution in [0, 0.1) is 0 Å². The van der Waals surface area contributed by atoms with E-state index in [2.05, 4.69) is 43.5 Å². The first-order valence-electron chi connectivity index (χ1n) is 19.8. The van der Waals surface area contributed by atoms with Crippen molar-refractivity contribution in [1.82, 2.24) is 5.32 Å². The Balaban J connectivity index is 3.63. The number of hydrogen-bond acceptors (Lipinski definition) is 7. The van der Waals surface area contributed by atoms with Crippen LogP contribution in [0.3, 0.4) is 0 Å². The highest BCUT2D eigenvalue weighted by molar-refractivity contribution is 7.47. The van der Waals surface area contributed by atoms with Gasteiger partial charge in [0, 0.05) is 19.4 Å². The van der Waals surface area contributed by atoms with Crippen LogP contribution in [0.4, 0.5) is 0 Å². The van der Waals surface area contributed by atoms with Gasteiger partial charge in [-0.3, -0.25) is 18.6 Å². The zero-order chi connectivity index (χ0) is 36.1. The lowest BCUT2D eigenvalue weighted by atomic mass is 10.0. The topological polar surface area (TPSA) is 131 Å². The maximum atomic E-state index is 12.1. The van der Waals surface area contributed by atoms with Crippen molar-refractivity contribution in [1.29, 1.82) is 0 Å². The first kappa shape index (κ1) is 47.5. The molecule has 2 atom stereocenters. The van der Waals surface area contributed by atoms with E-state index in [0.717, 1.165) is 64.2 Å². The minimum atomic E-state index is -4.41. The lowest BCUT2D eigenvalue weighted by Crippen LogP contribution is -2.27. The van der Waals surface area contributed by atoms with E-state index in [4.69, 9.17) is 13.8 Å². The van der Waals surface area contributed by atoms with E-state index < -0.39 is 26.5 Å². The molecule has 0 saturated heterocycles. The summed E-state index contributed by atoms with van der Waals surface area (Å²) in [6.07, 6.45) is 36.7. The summed E-state index contributed by atoms with van der Waals surface area (Å²) in [6.45, 7) is 3.51. The fraction of sp³-hybridized carbons (Fsp3) is 0.846. The Morgan fingerprint density at radius 2 is 1.10 bits per heavy atom. The molecule has 0 aliphatic carbocycles. The number of phosphoric acid groups is 1. The Kier molecular flexibility index (Phi) is 35.2. The number of nitrogens with one attached hydrogen (secondary N) is 1. The van der Waals surface area contributed by atoms with E-state index >= 15 is 0 Å². The first-order chi connectivity index (χ1) is 23.8.